The van der Waals surface area contributed by atoms with E-state index in [4.69, 9.17) is 0 Å². The molecule has 6 nitrogen and oxygen atoms in total. The summed E-state index contributed by atoms with van der Waals surface area (Å²) in [6.45, 7) is 8.47. The smallest absolute Gasteiger partial charge is 0.358 e. The number of nitrogens with zero attached hydrogens (tertiary/aromatic N) is 4. The highest BCUT2D eigenvalue weighted by Crippen LogP contribution is 2.25. The minimum atomic E-state index is -1.03. The van der Waals surface area contributed by atoms with E-state index in [1.54, 1.807) is 16.0 Å². The van der Waals surface area contributed by atoms with Crippen LogP contribution in [0.3, 0.4) is 0 Å². The van der Waals surface area contributed by atoms with Crippen LogP contribution >= 0.6 is 11.3 Å². The summed E-state index contributed by atoms with van der Waals surface area (Å²) in [7, 11) is 0. The lowest BCUT2D eigenvalue weighted by Crippen LogP contribution is -2.22. The van der Waals surface area contributed by atoms with E-state index >= 15 is 0 Å². The molecule has 0 bridgehead atoms. The molecule has 0 aromatic carbocycles. The van der Waals surface area contributed by atoms with Gasteiger partial charge in [-0.05, 0) is 6.92 Å². The molecule has 0 radical (unpaired) electrons. The first-order valence-corrected chi connectivity index (χ1v) is 7.25. The van der Waals surface area contributed by atoms with Gasteiger partial charge in [0.25, 0.3) is 0 Å². The van der Waals surface area contributed by atoms with Gasteiger partial charge >= 0.3 is 5.97 Å². The van der Waals surface area contributed by atoms with Gasteiger partial charge in [-0.2, -0.15) is 0 Å². The lowest BCUT2D eigenvalue weighted by Gasteiger charge is -2.20. The van der Waals surface area contributed by atoms with Crippen LogP contribution in [0.5, 0.6) is 0 Å². The monoisotopic (exact) mass is 294 g/mol. The number of thiazole rings is 1. The molecule has 0 aliphatic heterocycles. The fraction of sp³-hybridized carbons (Fsp3) is 0.538. The standard InChI is InChI=1S/C13H18N4O2S/c1-8-9(20-7-14-8)5-6-17-11(13(2,3)4)10(12(18)19)15-16-17/h7H,5-6H2,1-4H3,(H,18,19). The molecule has 0 amide bonds. The molecule has 20 heavy (non-hydrogen) atoms. The third-order valence-corrected chi connectivity index (χ3v) is 4.04. The molecule has 108 valence electrons. The van der Waals surface area contributed by atoms with Crippen molar-refractivity contribution in [2.24, 2.45) is 0 Å². The van der Waals surface area contributed by atoms with Gasteiger partial charge in [-0.3, -0.25) is 0 Å². The molecule has 2 aromatic heterocycles. The fourth-order valence-corrected chi connectivity index (χ4v) is 2.90. The van der Waals surface area contributed by atoms with E-state index in [-0.39, 0.29) is 11.1 Å². The highest BCUT2D eigenvalue weighted by atomic mass is 32.1. The molecular formula is C13H18N4O2S. The van der Waals surface area contributed by atoms with Crippen LogP contribution in [0.4, 0.5) is 0 Å². The van der Waals surface area contributed by atoms with Crippen LogP contribution in [0.1, 0.15) is 47.5 Å². The van der Waals surface area contributed by atoms with E-state index in [1.807, 2.05) is 33.2 Å². The first-order valence-electron chi connectivity index (χ1n) is 6.37. The molecule has 0 atom stereocenters. The van der Waals surface area contributed by atoms with Gasteiger partial charge in [0, 0.05) is 23.3 Å². The van der Waals surface area contributed by atoms with E-state index in [2.05, 4.69) is 15.3 Å². The summed E-state index contributed by atoms with van der Waals surface area (Å²) >= 11 is 1.61. The summed E-state index contributed by atoms with van der Waals surface area (Å²) in [5.74, 6) is -1.03. The average Bonchev–Trinajstić information content (AvgIpc) is 2.91. The van der Waals surface area contributed by atoms with Gasteiger partial charge in [0.15, 0.2) is 5.69 Å². The quantitative estimate of drug-likeness (QED) is 0.935. The summed E-state index contributed by atoms with van der Waals surface area (Å²) in [4.78, 5) is 16.6. The number of hydrogen-bond acceptors (Lipinski definition) is 5. The first kappa shape index (κ1) is 14.6. The average molecular weight is 294 g/mol. The second-order valence-corrected chi connectivity index (χ2v) is 6.62. The molecule has 2 heterocycles. The van der Waals surface area contributed by atoms with Crippen molar-refractivity contribution in [3.63, 3.8) is 0 Å². The largest absolute Gasteiger partial charge is 0.476 e. The highest BCUT2D eigenvalue weighted by Gasteiger charge is 2.28. The van der Waals surface area contributed by atoms with E-state index in [0.29, 0.717) is 12.2 Å². The topological polar surface area (TPSA) is 80.9 Å². The molecule has 0 saturated carbocycles. The Labute approximate surface area is 121 Å². The van der Waals surface area contributed by atoms with Gasteiger partial charge in [-0.25, -0.2) is 14.5 Å². The Morgan fingerprint density at radius 1 is 1.45 bits per heavy atom. The Morgan fingerprint density at radius 3 is 2.65 bits per heavy atom. The maximum Gasteiger partial charge on any atom is 0.358 e. The summed E-state index contributed by atoms with van der Waals surface area (Å²) in [6, 6.07) is 0. The molecule has 0 unspecified atom stereocenters. The van der Waals surface area contributed by atoms with Crippen molar-refractivity contribution in [1.82, 2.24) is 20.0 Å². The van der Waals surface area contributed by atoms with Crippen molar-refractivity contribution in [3.8, 4) is 0 Å². The second-order valence-electron chi connectivity index (χ2n) is 5.68. The third kappa shape index (κ3) is 2.87. The zero-order chi connectivity index (χ0) is 14.9. The van der Waals surface area contributed by atoms with Crippen molar-refractivity contribution in [3.05, 3.63) is 27.5 Å². The first-order chi connectivity index (χ1) is 9.30. The second kappa shape index (κ2) is 5.32. The highest BCUT2D eigenvalue weighted by molar-refractivity contribution is 7.09. The maximum atomic E-state index is 11.2. The molecule has 2 rings (SSSR count). The molecular weight excluding hydrogens is 276 g/mol. The van der Waals surface area contributed by atoms with E-state index < -0.39 is 5.97 Å². The predicted molar refractivity (Wildman–Crippen MR) is 76.2 cm³/mol. The summed E-state index contributed by atoms with van der Waals surface area (Å²) in [5, 5.41) is 17.0. The van der Waals surface area contributed by atoms with Gasteiger partial charge in [-0.15, -0.1) is 16.4 Å². The minimum Gasteiger partial charge on any atom is -0.476 e. The Morgan fingerprint density at radius 2 is 2.15 bits per heavy atom. The number of aryl methyl sites for hydroxylation is 3. The van der Waals surface area contributed by atoms with Crippen LogP contribution < -0.4 is 0 Å². The van der Waals surface area contributed by atoms with Gasteiger partial charge in [0.1, 0.15) is 0 Å². The summed E-state index contributed by atoms with van der Waals surface area (Å²) < 4.78 is 1.70. The maximum absolute atomic E-state index is 11.2. The van der Waals surface area contributed by atoms with Crippen LogP contribution in [0.2, 0.25) is 0 Å². The van der Waals surface area contributed by atoms with Crippen molar-refractivity contribution < 1.29 is 9.90 Å². The van der Waals surface area contributed by atoms with Crippen molar-refractivity contribution >= 4 is 17.3 Å². The van der Waals surface area contributed by atoms with Gasteiger partial charge in [-0.1, -0.05) is 26.0 Å². The number of carbonyl (C=O) groups is 1. The van der Waals surface area contributed by atoms with Crippen LogP contribution in [0.25, 0.3) is 0 Å². The van der Waals surface area contributed by atoms with Gasteiger partial charge in [0.05, 0.1) is 16.9 Å². The van der Waals surface area contributed by atoms with Gasteiger partial charge < -0.3 is 5.11 Å². The predicted octanol–water partition coefficient (Wildman–Crippen LogP) is 2.28. The lowest BCUT2D eigenvalue weighted by molar-refractivity contribution is 0.0687. The number of carboxylic acids is 1. The number of aromatic carboxylic acids is 1. The molecule has 7 heteroatoms. The van der Waals surface area contributed by atoms with E-state index in [9.17, 15) is 9.90 Å². The van der Waals surface area contributed by atoms with Crippen molar-refractivity contribution in [2.45, 2.75) is 46.1 Å². The third-order valence-electron chi connectivity index (χ3n) is 3.04. The molecule has 0 aliphatic rings. The minimum absolute atomic E-state index is 0.0403. The lowest BCUT2D eigenvalue weighted by atomic mass is 9.90. The van der Waals surface area contributed by atoms with E-state index in [1.165, 1.54) is 4.88 Å². The van der Waals surface area contributed by atoms with Crippen LogP contribution in [-0.4, -0.2) is 31.1 Å². The van der Waals surface area contributed by atoms with Crippen LogP contribution in [-0.2, 0) is 18.4 Å². The summed E-state index contributed by atoms with van der Waals surface area (Å²) in [6.07, 6.45) is 0.780. The number of carboxylic acid groups (broad SMARTS) is 1. The van der Waals surface area contributed by atoms with Gasteiger partial charge in [0.2, 0.25) is 0 Å². The zero-order valence-electron chi connectivity index (χ0n) is 12.0. The Bertz CT molecular complexity index is 625. The van der Waals surface area contributed by atoms with Crippen molar-refractivity contribution in [2.75, 3.05) is 0 Å². The Balaban J connectivity index is 2.28. The zero-order valence-corrected chi connectivity index (χ0v) is 12.9. The van der Waals surface area contributed by atoms with E-state index in [0.717, 1.165) is 12.1 Å². The van der Waals surface area contributed by atoms with Crippen LogP contribution in [0.15, 0.2) is 5.51 Å². The number of rotatable bonds is 4. The molecule has 0 saturated heterocycles. The molecule has 2 aromatic rings. The number of aromatic nitrogens is 4. The molecule has 0 fully saturated rings. The molecule has 0 spiro atoms. The van der Waals surface area contributed by atoms with Crippen LogP contribution in [0, 0.1) is 6.92 Å². The fourth-order valence-electron chi connectivity index (χ4n) is 2.13. The molecule has 1 N–H and O–H groups in total. The number of hydrogen-bond donors (Lipinski definition) is 1. The van der Waals surface area contributed by atoms with Crippen molar-refractivity contribution in [1.29, 1.82) is 0 Å². The Kier molecular flexibility index (Phi) is 3.89. The molecule has 0 aliphatic carbocycles. The Hall–Kier alpha value is -1.76. The summed E-state index contributed by atoms with van der Waals surface area (Å²) in [5.41, 5.74) is 3.22. The normalized spacial score (nSPS) is 11.8. The SMILES string of the molecule is Cc1ncsc1CCn1nnc(C(=O)O)c1C(C)(C)C.